The average molecular weight is 399 g/mol. The maximum atomic E-state index is 12.6. The van der Waals surface area contributed by atoms with Crippen LogP contribution in [-0.2, 0) is 27.8 Å². The Labute approximate surface area is 161 Å². The van der Waals surface area contributed by atoms with Crippen LogP contribution in [0.5, 0.6) is 0 Å². The molecule has 0 bridgehead atoms. The molecule has 0 radical (unpaired) electrons. The number of hydrogen-bond donors (Lipinski definition) is 2. The van der Waals surface area contributed by atoms with Crippen molar-refractivity contribution in [2.24, 2.45) is 0 Å². The summed E-state index contributed by atoms with van der Waals surface area (Å²) in [5.74, 6) is 1.25. The van der Waals surface area contributed by atoms with Crippen LogP contribution in [0.25, 0.3) is 0 Å². The highest BCUT2D eigenvalue weighted by molar-refractivity contribution is 7.92. The summed E-state index contributed by atoms with van der Waals surface area (Å²) >= 11 is 0. The normalized spacial score (nSPS) is 13.5. The van der Waals surface area contributed by atoms with E-state index in [2.05, 4.69) is 20.2 Å². The summed E-state index contributed by atoms with van der Waals surface area (Å²) < 4.78 is 32.9. The largest absolute Gasteiger partial charge is 0.467 e. The lowest BCUT2D eigenvalue weighted by Gasteiger charge is -2.11. The molecule has 144 valence electrons. The van der Waals surface area contributed by atoms with E-state index < -0.39 is 10.0 Å². The molecular weight excluding hydrogens is 382 g/mol. The van der Waals surface area contributed by atoms with Crippen LogP contribution in [0.2, 0.25) is 0 Å². The number of hydrogen-bond acceptors (Lipinski definition) is 7. The number of rotatable bonds is 6. The van der Waals surface area contributed by atoms with E-state index in [9.17, 15) is 13.2 Å². The van der Waals surface area contributed by atoms with Crippen LogP contribution in [0.3, 0.4) is 0 Å². The van der Waals surface area contributed by atoms with Crippen LogP contribution < -0.4 is 14.9 Å². The lowest BCUT2D eigenvalue weighted by molar-refractivity contribution is -0.117. The lowest BCUT2D eigenvalue weighted by atomic mass is 10.2. The molecule has 1 aliphatic heterocycles. The quantitative estimate of drug-likeness (QED) is 0.651. The molecular formula is C18H17N5O4S. The van der Waals surface area contributed by atoms with E-state index >= 15 is 0 Å². The third-order valence-corrected chi connectivity index (χ3v) is 5.72. The van der Waals surface area contributed by atoms with Gasteiger partial charge >= 0.3 is 0 Å². The van der Waals surface area contributed by atoms with Crippen LogP contribution in [0.15, 0.2) is 58.0 Å². The van der Waals surface area contributed by atoms with E-state index in [1.807, 2.05) is 6.07 Å². The molecule has 28 heavy (non-hydrogen) atoms. The fourth-order valence-corrected chi connectivity index (χ4v) is 3.93. The topological polar surface area (TPSA) is 117 Å². The first-order valence-electron chi connectivity index (χ1n) is 8.45. The molecule has 0 unspecified atom stereocenters. The molecule has 1 amide bonds. The fraction of sp³-hybridized carbons (Fsp3) is 0.167. The summed E-state index contributed by atoms with van der Waals surface area (Å²) in [6.45, 7) is 0.440. The zero-order valence-corrected chi connectivity index (χ0v) is 15.7. The number of nitrogens with one attached hydrogen (secondary N) is 2. The molecule has 0 fully saturated rings. The fourth-order valence-electron chi connectivity index (χ4n) is 2.88. The Balaban J connectivity index is 1.46. The Morgan fingerprint density at radius 2 is 1.93 bits per heavy atom. The summed E-state index contributed by atoms with van der Waals surface area (Å²) in [6, 6.07) is 11.3. The number of fused-ring (bicyclic) bond motifs is 1. The van der Waals surface area contributed by atoms with Crippen molar-refractivity contribution in [2.75, 3.05) is 22.0 Å². The van der Waals surface area contributed by atoms with Crippen molar-refractivity contribution >= 4 is 33.3 Å². The second kappa shape index (κ2) is 6.97. The van der Waals surface area contributed by atoms with E-state index in [0.29, 0.717) is 17.9 Å². The van der Waals surface area contributed by atoms with Gasteiger partial charge in [0.15, 0.2) is 5.82 Å². The Kier molecular flexibility index (Phi) is 4.47. The van der Waals surface area contributed by atoms with Gasteiger partial charge in [-0.1, -0.05) is 0 Å². The van der Waals surface area contributed by atoms with E-state index in [0.717, 1.165) is 11.4 Å². The number of carbonyl (C=O) groups excluding carboxylic acids is 1. The maximum Gasteiger partial charge on any atom is 0.263 e. The Morgan fingerprint density at radius 3 is 2.64 bits per heavy atom. The Morgan fingerprint density at radius 1 is 1.14 bits per heavy atom. The first kappa shape index (κ1) is 18.0. The molecule has 10 heteroatoms. The van der Waals surface area contributed by atoms with Crippen molar-refractivity contribution in [3.8, 4) is 0 Å². The van der Waals surface area contributed by atoms with Crippen LogP contribution in [-0.4, -0.2) is 31.6 Å². The number of nitrogens with zero attached hydrogens (tertiary/aromatic N) is 3. The molecule has 3 heterocycles. The first-order valence-corrected chi connectivity index (χ1v) is 9.93. The monoisotopic (exact) mass is 399 g/mol. The number of benzene rings is 1. The number of carbonyl (C=O) groups is 1. The number of amides is 1. The summed E-state index contributed by atoms with van der Waals surface area (Å²) in [6.07, 6.45) is 1.76. The highest BCUT2D eigenvalue weighted by Gasteiger charge is 2.26. The van der Waals surface area contributed by atoms with Crippen LogP contribution in [0.4, 0.5) is 17.3 Å². The van der Waals surface area contributed by atoms with Gasteiger partial charge in [0.25, 0.3) is 10.0 Å². The van der Waals surface area contributed by atoms with Gasteiger partial charge in [-0.2, -0.15) is 0 Å². The van der Waals surface area contributed by atoms with Crippen molar-refractivity contribution < 1.29 is 17.6 Å². The summed E-state index contributed by atoms with van der Waals surface area (Å²) in [7, 11) is -2.18. The second-order valence-electron chi connectivity index (χ2n) is 6.26. The minimum atomic E-state index is -3.85. The molecule has 0 aliphatic carbocycles. The highest BCUT2D eigenvalue weighted by Crippen LogP contribution is 2.30. The van der Waals surface area contributed by atoms with Gasteiger partial charge in [0.1, 0.15) is 11.6 Å². The average Bonchev–Trinajstić information content (AvgIpc) is 3.29. The second-order valence-corrected chi connectivity index (χ2v) is 7.94. The molecule has 4 rings (SSSR count). The van der Waals surface area contributed by atoms with Crippen molar-refractivity contribution in [1.82, 2.24) is 10.2 Å². The van der Waals surface area contributed by atoms with Crippen molar-refractivity contribution in [1.29, 1.82) is 0 Å². The third-order valence-electron chi connectivity index (χ3n) is 4.37. The molecule has 1 aromatic carbocycles. The lowest BCUT2D eigenvalue weighted by Crippen LogP contribution is -2.20. The number of furan rings is 1. The van der Waals surface area contributed by atoms with Crippen molar-refractivity contribution in [3.05, 3.63) is 60.1 Å². The maximum absolute atomic E-state index is 12.6. The van der Waals surface area contributed by atoms with E-state index in [1.165, 1.54) is 23.1 Å². The summed E-state index contributed by atoms with van der Waals surface area (Å²) in [4.78, 5) is 13.4. The zero-order valence-electron chi connectivity index (χ0n) is 14.9. The Hall–Kier alpha value is -3.40. The molecule has 2 aromatic heterocycles. The van der Waals surface area contributed by atoms with Gasteiger partial charge in [-0.15, -0.1) is 10.2 Å². The molecule has 0 atom stereocenters. The standard InChI is InChI=1S/C18H17N5O4S/c1-23-15-5-4-14(9-12(15)10-18(23)24)28(25,26)22-17-7-6-16(20-21-17)19-11-13-3-2-8-27-13/h2-9H,10-11H2,1H3,(H,19,20)(H,21,22). The minimum Gasteiger partial charge on any atom is -0.467 e. The van der Waals surface area contributed by atoms with Crippen molar-refractivity contribution in [3.63, 3.8) is 0 Å². The molecule has 2 N–H and O–H groups in total. The van der Waals surface area contributed by atoms with E-state index in [4.69, 9.17) is 4.42 Å². The van der Waals surface area contributed by atoms with Gasteiger partial charge in [0.05, 0.1) is 24.1 Å². The van der Waals surface area contributed by atoms with Crippen molar-refractivity contribution in [2.45, 2.75) is 17.9 Å². The van der Waals surface area contributed by atoms with Crippen LogP contribution in [0, 0.1) is 0 Å². The van der Waals surface area contributed by atoms with Gasteiger partial charge in [0, 0.05) is 12.7 Å². The van der Waals surface area contributed by atoms with E-state index in [-0.39, 0.29) is 23.0 Å². The zero-order chi connectivity index (χ0) is 19.7. The minimum absolute atomic E-state index is 0.0659. The molecule has 0 saturated heterocycles. The van der Waals surface area contributed by atoms with E-state index in [1.54, 1.807) is 31.5 Å². The Bertz CT molecular complexity index is 1110. The number of anilines is 3. The summed E-state index contributed by atoms with van der Waals surface area (Å²) in [5.41, 5.74) is 1.40. The number of sulfonamides is 1. The predicted octanol–water partition coefficient (Wildman–Crippen LogP) is 2.00. The first-order chi connectivity index (χ1) is 13.4. The SMILES string of the molecule is CN1C(=O)Cc2cc(S(=O)(=O)Nc3ccc(NCc4ccco4)nn3)ccc21. The molecule has 1 aliphatic rings. The molecule has 3 aromatic rings. The number of aromatic nitrogens is 2. The van der Waals surface area contributed by atoms with Gasteiger partial charge < -0.3 is 14.6 Å². The molecule has 0 spiro atoms. The summed E-state index contributed by atoms with van der Waals surface area (Å²) in [5, 5.41) is 10.9. The molecule has 0 saturated carbocycles. The third kappa shape index (κ3) is 3.54. The van der Waals surface area contributed by atoms with Gasteiger partial charge in [-0.05, 0) is 48.0 Å². The van der Waals surface area contributed by atoms with Crippen LogP contribution >= 0.6 is 0 Å². The highest BCUT2D eigenvalue weighted by atomic mass is 32.2. The van der Waals surface area contributed by atoms with Gasteiger partial charge in [0.2, 0.25) is 5.91 Å². The van der Waals surface area contributed by atoms with Gasteiger partial charge in [-0.3, -0.25) is 9.52 Å². The van der Waals surface area contributed by atoms with Gasteiger partial charge in [-0.25, -0.2) is 8.42 Å². The molecule has 9 nitrogen and oxygen atoms in total. The van der Waals surface area contributed by atoms with Crippen LogP contribution in [0.1, 0.15) is 11.3 Å². The number of likely N-dealkylation sites (N-methyl/N-ethyl adjacent to an activating group) is 1. The predicted molar refractivity (Wildman–Crippen MR) is 102 cm³/mol. The smallest absolute Gasteiger partial charge is 0.263 e.